The first-order valence-corrected chi connectivity index (χ1v) is 6.40. The van der Waals surface area contributed by atoms with Crippen LogP contribution in [0.2, 0.25) is 0 Å². The molecule has 4 heteroatoms. The van der Waals surface area contributed by atoms with Crippen LogP contribution in [0.4, 0.5) is 0 Å². The third kappa shape index (κ3) is 3.29. The zero-order valence-corrected chi connectivity index (χ0v) is 11.6. The van der Waals surface area contributed by atoms with E-state index < -0.39 is 0 Å². The maximum atomic E-state index is 5.66. The summed E-state index contributed by atoms with van der Waals surface area (Å²) in [6.07, 6.45) is 1.65. The summed E-state index contributed by atoms with van der Waals surface area (Å²) >= 11 is 0. The quantitative estimate of drug-likeness (QED) is 0.914. The predicted octanol–water partition coefficient (Wildman–Crippen LogP) is 3.16. The third-order valence-corrected chi connectivity index (χ3v) is 2.97. The van der Waals surface area contributed by atoms with E-state index in [1.807, 2.05) is 12.1 Å². The number of benzene rings is 1. The van der Waals surface area contributed by atoms with Crippen LogP contribution in [-0.2, 0) is 6.54 Å². The SMILES string of the molecule is Cc1cc(Oc2nccc(CN)n2)ccc1C(C)C. The van der Waals surface area contributed by atoms with Crippen LogP contribution < -0.4 is 10.5 Å². The lowest BCUT2D eigenvalue weighted by Crippen LogP contribution is -2.02. The van der Waals surface area contributed by atoms with Gasteiger partial charge in [0.05, 0.1) is 5.69 Å². The van der Waals surface area contributed by atoms with Crippen LogP contribution in [0.25, 0.3) is 0 Å². The highest BCUT2D eigenvalue weighted by molar-refractivity contribution is 5.37. The molecule has 0 amide bonds. The normalized spacial score (nSPS) is 10.8. The van der Waals surface area contributed by atoms with Crippen molar-refractivity contribution in [1.82, 2.24) is 9.97 Å². The van der Waals surface area contributed by atoms with Crippen molar-refractivity contribution >= 4 is 0 Å². The highest BCUT2D eigenvalue weighted by atomic mass is 16.5. The van der Waals surface area contributed by atoms with Gasteiger partial charge in [-0.3, -0.25) is 0 Å². The lowest BCUT2D eigenvalue weighted by atomic mass is 9.98. The zero-order valence-electron chi connectivity index (χ0n) is 11.6. The Morgan fingerprint density at radius 2 is 2.05 bits per heavy atom. The number of nitrogens with two attached hydrogens (primary N) is 1. The van der Waals surface area contributed by atoms with Crippen LogP contribution in [0.5, 0.6) is 11.8 Å². The van der Waals surface area contributed by atoms with Crippen LogP contribution in [0.15, 0.2) is 30.5 Å². The summed E-state index contributed by atoms with van der Waals surface area (Å²) in [5.74, 6) is 1.25. The standard InChI is InChI=1S/C15H19N3O/c1-10(2)14-5-4-13(8-11(14)3)19-15-17-7-6-12(9-16)18-15/h4-8,10H,9,16H2,1-3H3. The molecule has 1 heterocycles. The minimum absolute atomic E-state index is 0.333. The molecule has 19 heavy (non-hydrogen) atoms. The molecule has 0 unspecified atom stereocenters. The predicted molar refractivity (Wildman–Crippen MR) is 75.3 cm³/mol. The first-order valence-electron chi connectivity index (χ1n) is 6.40. The van der Waals surface area contributed by atoms with Gasteiger partial charge in [0.15, 0.2) is 0 Å². The van der Waals surface area contributed by atoms with E-state index in [4.69, 9.17) is 10.5 Å². The summed E-state index contributed by atoms with van der Waals surface area (Å²) < 4.78 is 5.66. The van der Waals surface area contributed by atoms with Gasteiger partial charge in [-0.25, -0.2) is 4.98 Å². The van der Waals surface area contributed by atoms with Gasteiger partial charge in [-0.1, -0.05) is 19.9 Å². The first kappa shape index (κ1) is 13.5. The molecule has 0 radical (unpaired) electrons. The molecule has 1 aromatic heterocycles. The molecule has 0 aliphatic carbocycles. The molecule has 2 aromatic rings. The Morgan fingerprint density at radius 1 is 1.26 bits per heavy atom. The second kappa shape index (κ2) is 5.80. The molecule has 100 valence electrons. The molecule has 0 saturated heterocycles. The molecule has 0 bridgehead atoms. The van der Waals surface area contributed by atoms with Gasteiger partial charge in [-0.15, -0.1) is 0 Å². The van der Waals surface area contributed by atoms with Crippen molar-refractivity contribution in [2.75, 3.05) is 0 Å². The maximum Gasteiger partial charge on any atom is 0.322 e. The lowest BCUT2D eigenvalue weighted by molar-refractivity contribution is 0.439. The molecule has 4 nitrogen and oxygen atoms in total. The number of ether oxygens (including phenoxy) is 1. The number of hydrogen-bond donors (Lipinski definition) is 1. The van der Waals surface area contributed by atoms with Gasteiger partial charge >= 0.3 is 6.01 Å². The zero-order chi connectivity index (χ0) is 13.8. The molecule has 2 rings (SSSR count). The minimum Gasteiger partial charge on any atom is -0.424 e. The van der Waals surface area contributed by atoms with E-state index in [9.17, 15) is 0 Å². The van der Waals surface area contributed by atoms with E-state index in [1.165, 1.54) is 11.1 Å². The highest BCUT2D eigenvalue weighted by Gasteiger charge is 2.06. The van der Waals surface area contributed by atoms with Crippen LogP contribution >= 0.6 is 0 Å². The van der Waals surface area contributed by atoms with Crippen molar-refractivity contribution in [3.63, 3.8) is 0 Å². The van der Waals surface area contributed by atoms with E-state index in [1.54, 1.807) is 12.3 Å². The number of rotatable bonds is 4. The maximum absolute atomic E-state index is 5.66. The van der Waals surface area contributed by atoms with Crippen molar-refractivity contribution in [3.05, 3.63) is 47.3 Å². The van der Waals surface area contributed by atoms with Gasteiger partial charge in [0, 0.05) is 12.7 Å². The summed E-state index contributed by atoms with van der Waals surface area (Å²) in [5, 5.41) is 0. The first-order chi connectivity index (χ1) is 9.10. The van der Waals surface area contributed by atoms with Gasteiger partial charge in [-0.2, -0.15) is 4.98 Å². The van der Waals surface area contributed by atoms with Gasteiger partial charge < -0.3 is 10.5 Å². The van der Waals surface area contributed by atoms with Crippen molar-refractivity contribution in [2.24, 2.45) is 5.73 Å². The molecule has 1 aromatic carbocycles. The van der Waals surface area contributed by atoms with Crippen LogP contribution in [0.3, 0.4) is 0 Å². The third-order valence-electron chi connectivity index (χ3n) is 2.97. The Balaban J connectivity index is 2.21. The van der Waals surface area contributed by atoms with Crippen molar-refractivity contribution in [2.45, 2.75) is 33.2 Å². The fourth-order valence-electron chi connectivity index (χ4n) is 2.00. The van der Waals surface area contributed by atoms with Crippen LogP contribution in [0.1, 0.15) is 36.6 Å². The fraction of sp³-hybridized carbons (Fsp3) is 0.333. The molecule has 0 fully saturated rings. The second-order valence-electron chi connectivity index (χ2n) is 4.81. The topological polar surface area (TPSA) is 61.0 Å². The number of aromatic nitrogens is 2. The van der Waals surface area contributed by atoms with Gasteiger partial charge in [0.25, 0.3) is 0 Å². The average Bonchev–Trinajstić information content (AvgIpc) is 2.38. The van der Waals surface area contributed by atoms with Gasteiger partial charge in [0.1, 0.15) is 5.75 Å². The Labute approximate surface area is 113 Å². The van der Waals surface area contributed by atoms with Crippen molar-refractivity contribution in [3.8, 4) is 11.8 Å². The van der Waals surface area contributed by atoms with E-state index in [0.29, 0.717) is 18.5 Å². The summed E-state index contributed by atoms with van der Waals surface area (Å²) in [5.41, 5.74) is 8.84. The summed E-state index contributed by atoms with van der Waals surface area (Å²) in [6, 6.07) is 8.15. The molecule has 0 saturated carbocycles. The smallest absolute Gasteiger partial charge is 0.322 e. The molecular weight excluding hydrogens is 238 g/mol. The molecule has 0 aliphatic rings. The van der Waals surface area contributed by atoms with E-state index >= 15 is 0 Å². The molecule has 0 spiro atoms. The summed E-state index contributed by atoms with van der Waals surface area (Å²) in [6.45, 7) is 6.82. The van der Waals surface area contributed by atoms with Crippen LogP contribution in [-0.4, -0.2) is 9.97 Å². The largest absolute Gasteiger partial charge is 0.424 e. The van der Waals surface area contributed by atoms with Gasteiger partial charge in [0.2, 0.25) is 0 Å². The van der Waals surface area contributed by atoms with E-state index in [2.05, 4.69) is 36.8 Å². The minimum atomic E-state index is 0.333. The van der Waals surface area contributed by atoms with Gasteiger partial charge in [-0.05, 0) is 42.2 Å². The fourth-order valence-corrected chi connectivity index (χ4v) is 2.00. The average molecular weight is 257 g/mol. The van der Waals surface area contributed by atoms with Crippen molar-refractivity contribution in [1.29, 1.82) is 0 Å². The molecule has 0 atom stereocenters. The summed E-state index contributed by atoms with van der Waals surface area (Å²) in [7, 11) is 0. The Bertz CT molecular complexity index is 567. The number of aryl methyl sites for hydroxylation is 1. The van der Waals surface area contributed by atoms with E-state index in [0.717, 1.165) is 11.4 Å². The highest BCUT2D eigenvalue weighted by Crippen LogP contribution is 2.25. The monoisotopic (exact) mass is 257 g/mol. The summed E-state index contributed by atoms with van der Waals surface area (Å²) in [4.78, 5) is 8.30. The van der Waals surface area contributed by atoms with E-state index in [-0.39, 0.29) is 0 Å². The van der Waals surface area contributed by atoms with Crippen molar-refractivity contribution < 1.29 is 4.74 Å². The second-order valence-corrected chi connectivity index (χ2v) is 4.81. The molecular formula is C15H19N3O. The Morgan fingerprint density at radius 3 is 2.68 bits per heavy atom. The molecule has 0 aliphatic heterocycles. The van der Waals surface area contributed by atoms with Crippen LogP contribution in [0, 0.1) is 6.92 Å². The molecule has 2 N–H and O–H groups in total. The number of nitrogens with zero attached hydrogens (tertiary/aromatic N) is 2. The Hall–Kier alpha value is -1.94. The lowest BCUT2D eigenvalue weighted by Gasteiger charge is -2.11. The number of hydrogen-bond acceptors (Lipinski definition) is 4. The Kier molecular flexibility index (Phi) is 4.12.